The lowest BCUT2D eigenvalue weighted by Gasteiger charge is -2.20. The lowest BCUT2D eigenvalue weighted by atomic mass is 9.99. The average molecular weight is 269 g/mol. The third kappa shape index (κ3) is 4.15. The van der Waals surface area contributed by atoms with Crippen molar-refractivity contribution in [3.05, 3.63) is 65.5 Å². The van der Waals surface area contributed by atoms with E-state index in [0.717, 1.165) is 25.2 Å². The fourth-order valence-electron chi connectivity index (χ4n) is 2.37. The van der Waals surface area contributed by atoms with Crippen molar-refractivity contribution in [1.82, 2.24) is 9.88 Å². The van der Waals surface area contributed by atoms with Gasteiger partial charge in [-0.1, -0.05) is 30.3 Å². The van der Waals surface area contributed by atoms with Crippen LogP contribution in [0.2, 0.25) is 0 Å². The maximum atomic E-state index is 6.30. The van der Waals surface area contributed by atoms with Gasteiger partial charge in [0.2, 0.25) is 0 Å². The van der Waals surface area contributed by atoms with E-state index < -0.39 is 0 Å². The van der Waals surface area contributed by atoms with Crippen molar-refractivity contribution in [3.8, 4) is 0 Å². The predicted molar refractivity (Wildman–Crippen MR) is 83.3 cm³/mol. The summed E-state index contributed by atoms with van der Waals surface area (Å²) in [6.45, 7) is 3.94. The number of benzene rings is 1. The number of nitrogens with zero attached hydrogens (tertiary/aromatic N) is 2. The molecule has 1 heterocycles. The first-order valence-electron chi connectivity index (χ1n) is 7.06. The zero-order valence-electron chi connectivity index (χ0n) is 12.3. The van der Waals surface area contributed by atoms with Gasteiger partial charge in [0.05, 0.1) is 5.69 Å². The first-order valence-corrected chi connectivity index (χ1v) is 7.06. The van der Waals surface area contributed by atoms with Gasteiger partial charge < -0.3 is 10.6 Å². The highest BCUT2D eigenvalue weighted by molar-refractivity contribution is 5.28. The second-order valence-corrected chi connectivity index (χ2v) is 5.31. The molecule has 2 N–H and O–H groups in total. The number of hydrogen-bond donors (Lipinski definition) is 1. The lowest BCUT2D eigenvalue weighted by molar-refractivity contribution is 0.308. The summed E-state index contributed by atoms with van der Waals surface area (Å²) < 4.78 is 0. The van der Waals surface area contributed by atoms with Crippen molar-refractivity contribution in [1.29, 1.82) is 0 Å². The Morgan fingerprint density at radius 3 is 2.60 bits per heavy atom. The monoisotopic (exact) mass is 269 g/mol. The Kier molecular flexibility index (Phi) is 5.27. The summed E-state index contributed by atoms with van der Waals surface area (Å²) in [5.74, 6) is 0. The first-order chi connectivity index (χ1) is 9.66. The van der Waals surface area contributed by atoms with Crippen LogP contribution >= 0.6 is 0 Å². The summed E-state index contributed by atoms with van der Waals surface area (Å²) in [5.41, 5.74) is 9.91. The van der Waals surface area contributed by atoms with E-state index in [9.17, 15) is 0 Å². The van der Waals surface area contributed by atoms with Crippen LogP contribution in [0.5, 0.6) is 0 Å². The summed E-state index contributed by atoms with van der Waals surface area (Å²) in [6, 6.07) is 14.5. The molecule has 0 radical (unpaired) electrons. The van der Waals surface area contributed by atoms with Crippen LogP contribution in [0.25, 0.3) is 0 Å². The van der Waals surface area contributed by atoms with Gasteiger partial charge in [-0.25, -0.2) is 0 Å². The molecule has 106 valence electrons. The molecule has 0 spiro atoms. The molecule has 3 heteroatoms. The minimum absolute atomic E-state index is 0.0994. The van der Waals surface area contributed by atoms with Crippen molar-refractivity contribution >= 4 is 0 Å². The third-order valence-corrected chi connectivity index (χ3v) is 3.57. The van der Waals surface area contributed by atoms with Crippen molar-refractivity contribution in [2.24, 2.45) is 5.73 Å². The number of nitrogens with two attached hydrogens (primary N) is 1. The van der Waals surface area contributed by atoms with E-state index in [4.69, 9.17) is 5.73 Å². The Hall–Kier alpha value is -1.71. The van der Waals surface area contributed by atoms with Crippen LogP contribution in [0.15, 0.2) is 48.7 Å². The second kappa shape index (κ2) is 7.17. The van der Waals surface area contributed by atoms with Crippen molar-refractivity contribution in [3.63, 3.8) is 0 Å². The van der Waals surface area contributed by atoms with Crippen LogP contribution in [-0.4, -0.2) is 23.5 Å². The molecule has 0 saturated heterocycles. The molecule has 0 fully saturated rings. The van der Waals surface area contributed by atoms with Gasteiger partial charge in [0.15, 0.2) is 0 Å². The quantitative estimate of drug-likeness (QED) is 0.876. The van der Waals surface area contributed by atoms with Crippen LogP contribution in [0, 0.1) is 6.92 Å². The smallest absolute Gasteiger partial charge is 0.0543 e. The Balaban J connectivity index is 1.84. The Morgan fingerprint density at radius 2 is 1.90 bits per heavy atom. The predicted octanol–water partition coefficient (Wildman–Crippen LogP) is 2.91. The van der Waals surface area contributed by atoms with Crippen LogP contribution < -0.4 is 5.73 Å². The zero-order chi connectivity index (χ0) is 14.4. The molecular weight excluding hydrogens is 246 g/mol. The summed E-state index contributed by atoms with van der Waals surface area (Å²) in [7, 11) is 2.11. The van der Waals surface area contributed by atoms with Gasteiger partial charge >= 0.3 is 0 Å². The van der Waals surface area contributed by atoms with Crippen molar-refractivity contribution in [2.45, 2.75) is 25.9 Å². The fraction of sp³-hybridized carbons (Fsp3) is 0.353. The van der Waals surface area contributed by atoms with Gasteiger partial charge in [-0.2, -0.15) is 0 Å². The van der Waals surface area contributed by atoms with Crippen LogP contribution in [0.4, 0.5) is 0 Å². The van der Waals surface area contributed by atoms with E-state index in [-0.39, 0.29) is 6.04 Å². The highest BCUT2D eigenvalue weighted by atomic mass is 15.1. The van der Waals surface area contributed by atoms with E-state index in [1.165, 1.54) is 11.1 Å². The molecule has 1 aromatic heterocycles. The molecule has 3 nitrogen and oxygen atoms in total. The number of pyridine rings is 1. The van der Waals surface area contributed by atoms with Crippen molar-refractivity contribution < 1.29 is 0 Å². The molecule has 20 heavy (non-hydrogen) atoms. The summed E-state index contributed by atoms with van der Waals surface area (Å²) in [6.07, 6.45) is 2.79. The summed E-state index contributed by atoms with van der Waals surface area (Å²) >= 11 is 0. The van der Waals surface area contributed by atoms with E-state index in [0.29, 0.717) is 0 Å². The van der Waals surface area contributed by atoms with Crippen LogP contribution in [0.3, 0.4) is 0 Å². The van der Waals surface area contributed by atoms with Gasteiger partial charge in [0, 0.05) is 25.3 Å². The summed E-state index contributed by atoms with van der Waals surface area (Å²) in [4.78, 5) is 6.61. The molecule has 0 bridgehead atoms. The normalized spacial score (nSPS) is 12.6. The minimum atomic E-state index is 0.0994. The van der Waals surface area contributed by atoms with Gasteiger partial charge in [-0.15, -0.1) is 0 Å². The molecule has 0 aliphatic heterocycles. The number of hydrogen-bond acceptors (Lipinski definition) is 3. The third-order valence-electron chi connectivity index (χ3n) is 3.57. The fourth-order valence-corrected chi connectivity index (χ4v) is 2.37. The van der Waals surface area contributed by atoms with Crippen LogP contribution in [0.1, 0.15) is 29.3 Å². The van der Waals surface area contributed by atoms with Gasteiger partial charge in [-0.05, 0) is 43.7 Å². The van der Waals surface area contributed by atoms with Crippen molar-refractivity contribution in [2.75, 3.05) is 13.6 Å². The van der Waals surface area contributed by atoms with E-state index >= 15 is 0 Å². The summed E-state index contributed by atoms with van der Waals surface area (Å²) in [5, 5.41) is 0. The lowest BCUT2D eigenvalue weighted by Crippen LogP contribution is -2.24. The zero-order valence-corrected chi connectivity index (χ0v) is 12.3. The van der Waals surface area contributed by atoms with E-state index in [1.807, 2.05) is 18.3 Å². The van der Waals surface area contributed by atoms with E-state index in [2.05, 4.69) is 54.2 Å². The number of aromatic nitrogens is 1. The molecule has 2 rings (SSSR count). The van der Waals surface area contributed by atoms with Gasteiger partial charge in [0.25, 0.3) is 0 Å². The SMILES string of the molecule is Cc1ccccc1C(N)CCN(C)Cc1ccccn1. The second-order valence-electron chi connectivity index (χ2n) is 5.31. The maximum Gasteiger partial charge on any atom is 0.0543 e. The Morgan fingerprint density at radius 1 is 1.15 bits per heavy atom. The molecule has 0 aliphatic carbocycles. The van der Waals surface area contributed by atoms with Gasteiger partial charge in [-0.3, -0.25) is 4.98 Å². The highest BCUT2D eigenvalue weighted by Crippen LogP contribution is 2.18. The molecule has 0 saturated carbocycles. The molecule has 1 atom stereocenters. The number of rotatable bonds is 6. The average Bonchev–Trinajstić information content (AvgIpc) is 2.46. The molecule has 1 unspecified atom stereocenters. The molecule has 1 aromatic carbocycles. The van der Waals surface area contributed by atoms with Crippen LogP contribution in [-0.2, 0) is 6.54 Å². The van der Waals surface area contributed by atoms with E-state index in [1.54, 1.807) is 0 Å². The Bertz CT molecular complexity index is 525. The topological polar surface area (TPSA) is 42.1 Å². The Labute approximate surface area is 121 Å². The minimum Gasteiger partial charge on any atom is -0.324 e. The largest absolute Gasteiger partial charge is 0.324 e. The molecule has 2 aromatic rings. The molecular formula is C17H23N3. The maximum absolute atomic E-state index is 6.30. The molecule has 0 aliphatic rings. The number of aryl methyl sites for hydroxylation is 1. The first kappa shape index (κ1) is 14.7. The van der Waals surface area contributed by atoms with Gasteiger partial charge in [0.1, 0.15) is 0 Å². The highest BCUT2D eigenvalue weighted by Gasteiger charge is 2.10. The standard InChI is InChI=1S/C17H23N3/c1-14-7-3-4-9-16(14)17(18)10-12-20(2)13-15-8-5-6-11-19-15/h3-9,11,17H,10,12-13,18H2,1-2H3. The molecule has 0 amide bonds.